The number of likely N-dealkylation sites (tertiary alicyclic amines) is 1. The molecule has 2 nitrogen and oxygen atoms in total. The van der Waals surface area contributed by atoms with Crippen molar-refractivity contribution in [1.29, 1.82) is 0 Å². The van der Waals surface area contributed by atoms with Gasteiger partial charge in [0.2, 0.25) is 0 Å². The van der Waals surface area contributed by atoms with Crippen LogP contribution in [0.1, 0.15) is 48.5 Å². The molecule has 0 radical (unpaired) electrons. The molecule has 1 atom stereocenters. The zero-order valence-electron chi connectivity index (χ0n) is 11.1. The summed E-state index contributed by atoms with van der Waals surface area (Å²) in [5, 5.41) is 0. The van der Waals surface area contributed by atoms with Crippen LogP contribution in [0, 0.1) is 12.7 Å². The third-order valence-corrected chi connectivity index (χ3v) is 3.73. The molecule has 0 spiro atoms. The average Bonchev–Trinajstić information content (AvgIpc) is 2.53. The van der Waals surface area contributed by atoms with E-state index in [1.165, 1.54) is 25.0 Å². The Balaban J connectivity index is 2.23. The van der Waals surface area contributed by atoms with Crippen molar-refractivity contribution in [2.45, 2.75) is 45.6 Å². The van der Waals surface area contributed by atoms with Gasteiger partial charge in [-0.15, -0.1) is 0 Å². The topological polar surface area (TPSA) is 20.3 Å². The quantitative estimate of drug-likeness (QED) is 0.745. The minimum Gasteiger partial charge on any atom is -0.336 e. The lowest BCUT2D eigenvalue weighted by Gasteiger charge is -2.27. The Labute approximate surface area is 108 Å². The maximum Gasteiger partial charge on any atom is 0.254 e. The number of aryl methyl sites for hydroxylation is 1. The first-order chi connectivity index (χ1) is 8.59. The molecule has 0 aromatic heterocycles. The van der Waals surface area contributed by atoms with Crippen molar-refractivity contribution >= 4 is 5.91 Å². The molecule has 1 unspecified atom stereocenters. The molecule has 1 saturated heterocycles. The highest BCUT2D eigenvalue weighted by Crippen LogP contribution is 2.20. The molecule has 98 valence electrons. The lowest BCUT2D eigenvalue weighted by molar-refractivity contribution is 0.0697. The molecule has 0 N–H and O–H groups in total. The minimum absolute atomic E-state index is 0.0434. The van der Waals surface area contributed by atoms with Crippen molar-refractivity contribution in [2.75, 3.05) is 6.54 Å². The molecule has 0 aliphatic carbocycles. The Morgan fingerprint density at radius 3 is 2.83 bits per heavy atom. The van der Waals surface area contributed by atoms with Gasteiger partial charge in [-0.25, -0.2) is 4.39 Å². The summed E-state index contributed by atoms with van der Waals surface area (Å²) in [7, 11) is 0. The number of carbonyl (C=O) groups is 1. The molecule has 3 heteroatoms. The summed E-state index contributed by atoms with van der Waals surface area (Å²) in [6, 6.07) is 4.67. The molecule has 0 bridgehead atoms. The van der Waals surface area contributed by atoms with Crippen molar-refractivity contribution in [3.63, 3.8) is 0 Å². The third-order valence-electron chi connectivity index (χ3n) is 3.73. The second kappa shape index (κ2) is 5.51. The van der Waals surface area contributed by atoms with Gasteiger partial charge in [-0.2, -0.15) is 0 Å². The van der Waals surface area contributed by atoms with Gasteiger partial charge in [-0.05, 0) is 50.5 Å². The summed E-state index contributed by atoms with van der Waals surface area (Å²) in [4.78, 5) is 14.4. The molecule has 18 heavy (non-hydrogen) atoms. The number of nitrogens with zero attached hydrogens (tertiary/aromatic N) is 1. The van der Waals surface area contributed by atoms with Crippen LogP contribution in [0.3, 0.4) is 0 Å². The molecule has 0 saturated carbocycles. The summed E-state index contributed by atoms with van der Waals surface area (Å²) >= 11 is 0. The molecule has 1 aromatic rings. The van der Waals surface area contributed by atoms with Crippen LogP contribution >= 0.6 is 0 Å². The van der Waals surface area contributed by atoms with Gasteiger partial charge in [0, 0.05) is 18.2 Å². The maximum atomic E-state index is 13.1. The van der Waals surface area contributed by atoms with Crippen LogP contribution in [-0.4, -0.2) is 23.4 Å². The van der Waals surface area contributed by atoms with E-state index in [1.54, 1.807) is 13.0 Å². The maximum absolute atomic E-state index is 13.1. The van der Waals surface area contributed by atoms with E-state index >= 15 is 0 Å². The molecular weight excluding hydrogens is 229 g/mol. The third kappa shape index (κ3) is 2.71. The molecule has 1 aliphatic rings. The van der Waals surface area contributed by atoms with Crippen LogP contribution < -0.4 is 0 Å². The monoisotopic (exact) mass is 249 g/mol. The van der Waals surface area contributed by atoms with Crippen LogP contribution in [-0.2, 0) is 0 Å². The van der Waals surface area contributed by atoms with Crippen LogP contribution in [0.15, 0.2) is 18.2 Å². The fourth-order valence-electron chi connectivity index (χ4n) is 2.60. The molecule has 1 aromatic carbocycles. The van der Waals surface area contributed by atoms with Crippen LogP contribution in [0.4, 0.5) is 4.39 Å². The number of hydrogen-bond acceptors (Lipinski definition) is 1. The second-order valence-corrected chi connectivity index (χ2v) is 5.16. The fraction of sp³-hybridized carbons (Fsp3) is 0.533. The van der Waals surface area contributed by atoms with Gasteiger partial charge >= 0.3 is 0 Å². The lowest BCUT2D eigenvalue weighted by atomic mass is 10.1. The van der Waals surface area contributed by atoms with E-state index in [9.17, 15) is 9.18 Å². The number of carbonyl (C=O) groups excluding carboxylic acids is 1. The number of halogens is 1. The first kappa shape index (κ1) is 13.1. The van der Waals surface area contributed by atoms with E-state index in [4.69, 9.17) is 0 Å². The number of hydrogen-bond donors (Lipinski definition) is 0. The normalized spacial score (nSPS) is 20.6. The van der Waals surface area contributed by atoms with Gasteiger partial charge in [0.05, 0.1) is 0 Å². The molecule has 1 fully saturated rings. The standard InChI is InChI=1S/C15H20FNO/c1-11-10-13(16)7-8-14(11)15(18)17-9-5-3-4-6-12(17)2/h7-8,10,12H,3-6,9H2,1-2H3. The van der Waals surface area contributed by atoms with Crippen molar-refractivity contribution in [3.8, 4) is 0 Å². The number of amides is 1. The van der Waals surface area contributed by atoms with Crippen LogP contribution in [0.25, 0.3) is 0 Å². The highest BCUT2D eigenvalue weighted by atomic mass is 19.1. The Morgan fingerprint density at radius 2 is 2.11 bits per heavy atom. The predicted molar refractivity (Wildman–Crippen MR) is 70.1 cm³/mol. The highest BCUT2D eigenvalue weighted by Gasteiger charge is 2.24. The summed E-state index contributed by atoms with van der Waals surface area (Å²) in [5.41, 5.74) is 1.35. The highest BCUT2D eigenvalue weighted by molar-refractivity contribution is 5.95. The van der Waals surface area contributed by atoms with Gasteiger partial charge in [0.15, 0.2) is 0 Å². The van der Waals surface area contributed by atoms with Crippen LogP contribution in [0.5, 0.6) is 0 Å². The Hall–Kier alpha value is -1.38. The first-order valence-corrected chi connectivity index (χ1v) is 6.66. The van der Waals surface area contributed by atoms with Crippen molar-refractivity contribution in [1.82, 2.24) is 4.90 Å². The van der Waals surface area contributed by atoms with Crippen molar-refractivity contribution < 1.29 is 9.18 Å². The number of benzene rings is 1. The largest absolute Gasteiger partial charge is 0.336 e. The summed E-state index contributed by atoms with van der Waals surface area (Å²) in [6.07, 6.45) is 4.51. The smallest absolute Gasteiger partial charge is 0.254 e. The lowest BCUT2D eigenvalue weighted by Crippen LogP contribution is -2.38. The predicted octanol–water partition coefficient (Wildman–Crippen LogP) is 3.54. The van der Waals surface area contributed by atoms with Gasteiger partial charge in [-0.3, -0.25) is 4.79 Å². The van der Waals surface area contributed by atoms with E-state index in [0.717, 1.165) is 24.9 Å². The van der Waals surface area contributed by atoms with Gasteiger partial charge < -0.3 is 4.90 Å². The van der Waals surface area contributed by atoms with Gasteiger partial charge in [0.1, 0.15) is 5.82 Å². The zero-order valence-corrected chi connectivity index (χ0v) is 11.1. The summed E-state index contributed by atoms with van der Waals surface area (Å²) in [6.45, 7) is 4.71. The molecule has 1 heterocycles. The Morgan fingerprint density at radius 1 is 1.33 bits per heavy atom. The summed E-state index contributed by atoms with van der Waals surface area (Å²) in [5.74, 6) is -0.241. The Kier molecular flexibility index (Phi) is 4.00. The van der Waals surface area contributed by atoms with E-state index < -0.39 is 0 Å². The van der Waals surface area contributed by atoms with E-state index in [-0.39, 0.29) is 17.8 Å². The van der Waals surface area contributed by atoms with Crippen LogP contribution in [0.2, 0.25) is 0 Å². The average molecular weight is 249 g/mol. The fourth-order valence-corrected chi connectivity index (χ4v) is 2.60. The Bertz CT molecular complexity index is 444. The minimum atomic E-state index is -0.284. The second-order valence-electron chi connectivity index (χ2n) is 5.16. The number of rotatable bonds is 1. The van der Waals surface area contributed by atoms with E-state index in [0.29, 0.717) is 5.56 Å². The van der Waals surface area contributed by atoms with E-state index in [2.05, 4.69) is 6.92 Å². The first-order valence-electron chi connectivity index (χ1n) is 6.66. The van der Waals surface area contributed by atoms with Crippen molar-refractivity contribution in [2.24, 2.45) is 0 Å². The molecule has 2 rings (SSSR count). The van der Waals surface area contributed by atoms with Gasteiger partial charge in [0.25, 0.3) is 5.91 Å². The van der Waals surface area contributed by atoms with Gasteiger partial charge in [-0.1, -0.05) is 12.8 Å². The van der Waals surface area contributed by atoms with E-state index in [1.807, 2.05) is 4.90 Å². The zero-order chi connectivity index (χ0) is 13.1. The molecule has 1 aliphatic heterocycles. The molecule has 1 amide bonds. The summed E-state index contributed by atoms with van der Waals surface area (Å²) < 4.78 is 13.1. The molecular formula is C15H20FNO. The van der Waals surface area contributed by atoms with Crippen molar-refractivity contribution in [3.05, 3.63) is 35.1 Å². The SMILES string of the molecule is Cc1cc(F)ccc1C(=O)N1CCCCCC1C.